The maximum atomic E-state index is 13.4. The van der Waals surface area contributed by atoms with Gasteiger partial charge in [-0.25, -0.2) is 4.39 Å². The summed E-state index contributed by atoms with van der Waals surface area (Å²) in [5.41, 5.74) is 1.06. The summed E-state index contributed by atoms with van der Waals surface area (Å²) in [6.45, 7) is 0. The summed E-state index contributed by atoms with van der Waals surface area (Å²) in [4.78, 5) is 0. The number of halogens is 2. The van der Waals surface area contributed by atoms with Gasteiger partial charge in [0.2, 0.25) is 0 Å². The predicted molar refractivity (Wildman–Crippen MR) is 72.5 cm³/mol. The Morgan fingerprint density at radius 2 is 2.00 bits per heavy atom. The Kier molecular flexibility index (Phi) is 4.57. The largest absolute Gasteiger partial charge is 0.313 e. The molecule has 0 spiro atoms. The van der Waals surface area contributed by atoms with E-state index < -0.39 is 0 Å². The first kappa shape index (κ1) is 13.0. The van der Waals surface area contributed by atoms with Crippen LogP contribution in [0.15, 0.2) is 22.7 Å². The van der Waals surface area contributed by atoms with Gasteiger partial charge in [0.15, 0.2) is 0 Å². The topological polar surface area (TPSA) is 12.0 Å². The molecule has 0 amide bonds. The van der Waals surface area contributed by atoms with Crippen LogP contribution in [0, 0.1) is 11.7 Å². The lowest BCUT2D eigenvalue weighted by atomic mass is 9.81. The lowest BCUT2D eigenvalue weighted by Crippen LogP contribution is -2.27. The third-order valence-corrected chi connectivity index (χ3v) is 4.45. The molecule has 1 unspecified atom stereocenters. The van der Waals surface area contributed by atoms with Crippen molar-refractivity contribution in [3.8, 4) is 0 Å². The highest BCUT2D eigenvalue weighted by Crippen LogP contribution is 2.37. The van der Waals surface area contributed by atoms with E-state index in [0.29, 0.717) is 5.92 Å². The Hall–Kier alpha value is -0.410. The molecule has 2 rings (SSSR count). The number of hydrogen-bond acceptors (Lipinski definition) is 1. The van der Waals surface area contributed by atoms with Gasteiger partial charge in [0.25, 0.3) is 0 Å². The molecular weight excluding hydrogens is 281 g/mol. The van der Waals surface area contributed by atoms with Crippen LogP contribution in [0.2, 0.25) is 0 Å². The second-order valence-corrected chi connectivity index (χ2v) is 5.68. The average molecular weight is 300 g/mol. The molecule has 1 aliphatic carbocycles. The molecule has 1 aromatic rings. The summed E-state index contributed by atoms with van der Waals surface area (Å²) in [7, 11) is 1.97. The zero-order valence-corrected chi connectivity index (χ0v) is 11.8. The molecule has 0 aromatic heterocycles. The van der Waals surface area contributed by atoms with Gasteiger partial charge in [-0.2, -0.15) is 0 Å². The van der Waals surface area contributed by atoms with E-state index in [1.54, 1.807) is 12.1 Å². The smallest absolute Gasteiger partial charge is 0.123 e. The fraction of sp³-hybridized carbons (Fsp3) is 0.571. The highest BCUT2D eigenvalue weighted by Gasteiger charge is 2.25. The van der Waals surface area contributed by atoms with E-state index in [1.807, 2.05) is 7.05 Å². The fourth-order valence-electron chi connectivity index (χ4n) is 2.87. The van der Waals surface area contributed by atoms with Crippen LogP contribution >= 0.6 is 15.9 Å². The van der Waals surface area contributed by atoms with Gasteiger partial charge in [-0.05, 0) is 49.6 Å². The van der Waals surface area contributed by atoms with E-state index in [1.165, 1.54) is 38.2 Å². The minimum atomic E-state index is -0.153. The summed E-state index contributed by atoms with van der Waals surface area (Å²) < 4.78 is 14.4. The Bertz CT molecular complexity index is 374. The molecule has 1 atom stereocenters. The van der Waals surface area contributed by atoms with E-state index >= 15 is 0 Å². The maximum Gasteiger partial charge on any atom is 0.123 e. The van der Waals surface area contributed by atoms with E-state index in [9.17, 15) is 4.39 Å². The lowest BCUT2D eigenvalue weighted by Gasteiger charge is -2.31. The number of hydrogen-bond donors (Lipinski definition) is 1. The van der Waals surface area contributed by atoms with Gasteiger partial charge < -0.3 is 5.32 Å². The SMILES string of the molecule is CNC(c1cc(F)ccc1Br)C1CCCCC1. The van der Waals surface area contributed by atoms with Crippen molar-refractivity contribution in [3.05, 3.63) is 34.1 Å². The van der Waals surface area contributed by atoms with Crippen molar-refractivity contribution in [1.82, 2.24) is 5.32 Å². The minimum absolute atomic E-state index is 0.153. The highest BCUT2D eigenvalue weighted by atomic mass is 79.9. The van der Waals surface area contributed by atoms with E-state index in [-0.39, 0.29) is 11.9 Å². The molecule has 0 heterocycles. The molecule has 0 aliphatic heterocycles. The molecule has 1 fully saturated rings. The van der Waals surface area contributed by atoms with Crippen LogP contribution in [-0.4, -0.2) is 7.05 Å². The monoisotopic (exact) mass is 299 g/mol. The fourth-order valence-corrected chi connectivity index (χ4v) is 3.36. The molecular formula is C14H19BrFN. The number of nitrogens with one attached hydrogen (secondary N) is 1. The second kappa shape index (κ2) is 5.96. The van der Waals surface area contributed by atoms with Crippen molar-refractivity contribution in [2.45, 2.75) is 38.1 Å². The Balaban J connectivity index is 2.24. The van der Waals surface area contributed by atoms with Gasteiger partial charge in [-0.1, -0.05) is 35.2 Å². The summed E-state index contributed by atoms with van der Waals surface area (Å²) in [5, 5.41) is 3.36. The highest BCUT2D eigenvalue weighted by molar-refractivity contribution is 9.10. The van der Waals surface area contributed by atoms with E-state index in [0.717, 1.165) is 10.0 Å². The molecule has 1 N–H and O–H groups in total. The van der Waals surface area contributed by atoms with Crippen LogP contribution in [0.5, 0.6) is 0 Å². The first-order valence-corrected chi connectivity index (χ1v) is 7.14. The summed E-state index contributed by atoms with van der Waals surface area (Å²) in [6.07, 6.45) is 6.44. The normalized spacial score (nSPS) is 19.2. The standard InChI is InChI=1S/C14H19BrFN/c1-17-14(10-5-3-2-4-6-10)12-9-11(16)7-8-13(12)15/h7-10,14,17H,2-6H2,1H3. The zero-order valence-electron chi connectivity index (χ0n) is 10.2. The quantitative estimate of drug-likeness (QED) is 0.871. The van der Waals surface area contributed by atoms with Gasteiger partial charge in [-0.3, -0.25) is 0 Å². The van der Waals surface area contributed by atoms with E-state index in [4.69, 9.17) is 0 Å². The Morgan fingerprint density at radius 1 is 1.29 bits per heavy atom. The molecule has 1 saturated carbocycles. The first-order chi connectivity index (χ1) is 8.22. The van der Waals surface area contributed by atoms with Gasteiger partial charge in [-0.15, -0.1) is 0 Å². The van der Waals surface area contributed by atoms with Crippen LogP contribution in [-0.2, 0) is 0 Å². The molecule has 1 aromatic carbocycles. The summed E-state index contributed by atoms with van der Waals surface area (Å²) in [5.74, 6) is 0.478. The number of benzene rings is 1. The van der Waals surface area contributed by atoms with E-state index in [2.05, 4.69) is 21.2 Å². The Morgan fingerprint density at radius 3 is 2.65 bits per heavy atom. The van der Waals surface area contributed by atoms with Crippen molar-refractivity contribution >= 4 is 15.9 Å². The van der Waals surface area contributed by atoms with Crippen molar-refractivity contribution in [1.29, 1.82) is 0 Å². The molecule has 17 heavy (non-hydrogen) atoms. The van der Waals surface area contributed by atoms with Crippen molar-refractivity contribution in [3.63, 3.8) is 0 Å². The zero-order chi connectivity index (χ0) is 12.3. The van der Waals surface area contributed by atoms with Crippen LogP contribution in [0.1, 0.15) is 43.7 Å². The predicted octanol–water partition coefficient (Wildman–Crippen LogP) is 4.43. The third kappa shape index (κ3) is 3.08. The lowest BCUT2D eigenvalue weighted by molar-refractivity contribution is 0.280. The van der Waals surface area contributed by atoms with Gasteiger partial charge in [0.05, 0.1) is 0 Å². The average Bonchev–Trinajstić information content (AvgIpc) is 2.36. The third-order valence-electron chi connectivity index (χ3n) is 3.73. The molecule has 0 radical (unpaired) electrons. The van der Waals surface area contributed by atoms with Crippen LogP contribution < -0.4 is 5.32 Å². The van der Waals surface area contributed by atoms with Crippen molar-refractivity contribution in [2.24, 2.45) is 5.92 Å². The summed E-state index contributed by atoms with van der Waals surface area (Å²) in [6, 6.07) is 5.22. The molecule has 3 heteroatoms. The Labute approximate surface area is 111 Å². The van der Waals surface area contributed by atoms with Gasteiger partial charge >= 0.3 is 0 Å². The minimum Gasteiger partial charge on any atom is -0.313 e. The van der Waals surface area contributed by atoms with Crippen LogP contribution in [0.25, 0.3) is 0 Å². The molecule has 1 aliphatic rings. The second-order valence-electron chi connectivity index (χ2n) is 4.83. The first-order valence-electron chi connectivity index (χ1n) is 6.34. The van der Waals surface area contributed by atoms with Crippen molar-refractivity contribution in [2.75, 3.05) is 7.05 Å². The number of rotatable bonds is 3. The van der Waals surface area contributed by atoms with Crippen LogP contribution in [0.4, 0.5) is 4.39 Å². The van der Waals surface area contributed by atoms with Gasteiger partial charge in [0, 0.05) is 10.5 Å². The van der Waals surface area contributed by atoms with Crippen LogP contribution in [0.3, 0.4) is 0 Å². The molecule has 0 bridgehead atoms. The molecule has 0 saturated heterocycles. The van der Waals surface area contributed by atoms with Gasteiger partial charge in [0.1, 0.15) is 5.82 Å². The summed E-state index contributed by atoms with van der Waals surface area (Å²) >= 11 is 3.53. The molecule has 1 nitrogen and oxygen atoms in total. The van der Waals surface area contributed by atoms with Crippen molar-refractivity contribution < 1.29 is 4.39 Å². The molecule has 94 valence electrons. The maximum absolute atomic E-state index is 13.4.